The van der Waals surface area contributed by atoms with Crippen molar-refractivity contribution in [1.29, 1.82) is 0 Å². The number of anilines is 1. The highest BCUT2D eigenvalue weighted by atomic mass is 32.2. The van der Waals surface area contributed by atoms with Crippen LogP contribution in [-0.2, 0) is 19.4 Å². The Hall–Kier alpha value is -1.65. The Balaban J connectivity index is 2.09. The van der Waals surface area contributed by atoms with Crippen LogP contribution in [0.2, 0.25) is 0 Å². The van der Waals surface area contributed by atoms with Crippen LogP contribution >= 0.6 is 23.1 Å². The molecule has 0 aliphatic heterocycles. The maximum absolute atomic E-state index is 11.6. The first-order chi connectivity index (χ1) is 10.3. The molecule has 0 bridgehead atoms. The molecule has 0 atom stereocenters. The van der Waals surface area contributed by atoms with Crippen molar-refractivity contribution in [1.82, 2.24) is 4.98 Å². The predicted molar refractivity (Wildman–Crippen MR) is 86.3 cm³/mol. The van der Waals surface area contributed by atoms with Gasteiger partial charge in [-0.1, -0.05) is 11.3 Å². The molecule has 2 rings (SSSR count). The number of rotatable bonds is 6. The highest BCUT2D eigenvalue weighted by molar-refractivity contribution is 8.00. The first-order valence-corrected chi connectivity index (χ1v) is 9.82. The van der Waals surface area contributed by atoms with Crippen molar-refractivity contribution in [2.24, 2.45) is 0 Å². The molecule has 0 spiro atoms. The highest BCUT2D eigenvalue weighted by Crippen LogP contribution is 2.28. The van der Waals surface area contributed by atoms with Gasteiger partial charge in [-0.25, -0.2) is 13.4 Å². The molecule has 2 aromatic rings. The lowest BCUT2D eigenvalue weighted by atomic mass is 10.3. The van der Waals surface area contributed by atoms with Gasteiger partial charge in [0.25, 0.3) is 0 Å². The van der Waals surface area contributed by atoms with Crippen LogP contribution in [0.1, 0.15) is 0 Å². The summed E-state index contributed by atoms with van der Waals surface area (Å²) in [4.78, 5) is 26.4. The number of carbonyl (C=O) groups is 2. The lowest BCUT2D eigenvalue weighted by Crippen LogP contribution is -2.15. The minimum absolute atomic E-state index is 0.0107. The number of carboxylic acid groups (broad SMARTS) is 1. The zero-order chi connectivity index (χ0) is 16.3. The summed E-state index contributed by atoms with van der Waals surface area (Å²) >= 11 is 2.15. The number of hydrogen-bond donors (Lipinski definition) is 2. The third-order valence-electron chi connectivity index (χ3n) is 2.49. The van der Waals surface area contributed by atoms with Gasteiger partial charge in [-0.3, -0.25) is 9.59 Å². The standard InChI is InChI=1S/C12H12N2O5S3/c1-22(18,19)7-2-3-8-9(4-7)21-12(13-8)14-10(15)5-20-6-11(16)17/h2-4H,5-6H2,1H3,(H,16,17)(H,13,14,15). The van der Waals surface area contributed by atoms with Gasteiger partial charge >= 0.3 is 5.97 Å². The number of sulfone groups is 1. The number of nitrogens with one attached hydrogen (secondary N) is 1. The maximum atomic E-state index is 11.6. The Morgan fingerprint density at radius 3 is 2.73 bits per heavy atom. The summed E-state index contributed by atoms with van der Waals surface area (Å²) in [6.07, 6.45) is 1.12. The molecule has 0 saturated carbocycles. The molecule has 0 unspecified atom stereocenters. The number of aromatic nitrogens is 1. The number of hydrogen-bond acceptors (Lipinski definition) is 7. The van der Waals surface area contributed by atoms with Crippen molar-refractivity contribution in [3.05, 3.63) is 18.2 Å². The lowest BCUT2D eigenvalue weighted by molar-refractivity contribution is -0.133. The Labute approximate surface area is 134 Å². The summed E-state index contributed by atoms with van der Waals surface area (Å²) in [6, 6.07) is 4.56. The normalized spacial score (nSPS) is 11.5. The van der Waals surface area contributed by atoms with Crippen LogP contribution in [0.4, 0.5) is 5.13 Å². The van der Waals surface area contributed by atoms with Crippen LogP contribution in [0.15, 0.2) is 23.1 Å². The van der Waals surface area contributed by atoms with Gasteiger partial charge in [0.05, 0.1) is 26.6 Å². The third-order valence-corrected chi connectivity index (χ3v) is 5.45. The fourth-order valence-electron chi connectivity index (χ4n) is 1.58. The Morgan fingerprint density at radius 1 is 1.36 bits per heavy atom. The molecular weight excluding hydrogens is 348 g/mol. The SMILES string of the molecule is CS(=O)(=O)c1ccc2nc(NC(=O)CSCC(=O)O)sc2c1. The Bertz CT molecular complexity index is 828. The summed E-state index contributed by atoms with van der Waals surface area (Å²) in [5.41, 5.74) is 0.589. The second-order valence-electron chi connectivity index (χ2n) is 4.36. The quantitative estimate of drug-likeness (QED) is 0.801. The number of nitrogens with zero attached hydrogens (tertiary/aromatic N) is 1. The molecule has 0 aliphatic rings. The van der Waals surface area contributed by atoms with E-state index in [1.807, 2.05) is 0 Å². The molecule has 1 heterocycles. The topological polar surface area (TPSA) is 113 Å². The number of thioether (sulfide) groups is 1. The highest BCUT2D eigenvalue weighted by Gasteiger charge is 2.12. The van der Waals surface area contributed by atoms with E-state index in [-0.39, 0.29) is 22.3 Å². The fourth-order valence-corrected chi connectivity index (χ4v) is 3.75. The molecule has 7 nitrogen and oxygen atoms in total. The zero-order valence-electron chi connectivity index (χ0n) is 11.4. The second-order valence-corrected chi connectivity index (χ2v) is 8.39. The number of thiazole rings is 1. The lowest BCUT2D eigenvalue weighted by Gasteiger charge is -1.99. The molecule has 118 valence electrons. The molecule has 2 N–H and O–H groups in total. The van der Waals surface area contributed by atoms with Gasteiger partial charge < -0.3 is 10.4 Å². The summed E-state index contributed by atoms with van der Waals surface area (Å²) in [7, 11) is -3.30. The number of carboxylic acids is 1. The van der Waals surface area contributed by atoms with E-state index >= 15 is 0 Å². The average molecular weight is 360 g/mol. The first kappa shape index (κ1) is 16.7. The van der Waals surface area contributed by atoms with Crippen LogP contribution in [0, 0.1) is 0 Å². The average Bonchev–Trinajstić information content (AvgIpc) is 2.77. The van der Waals surface area contributed by atoms with E-state index in [0.717, 1.165) is 29.4 Å². The summed E-state index contributed by atoms with van der Waals surface area (Å²) in [6.45, 7) is 0. The number of aliphatic carboxylic acids is 1. The van der Waals surface area contributed by atoms with Crippen LogP contribution in [-0.4, -0.2) is 48.1 Å². The van der Waals surface area contributed by atoms with E-state index in [1.165, 1.54) is 12.1 Å². The minimum Gasteiger partial charge on any atom is -0.481 e. The van der Waals surface area contributed by atoms with Gasteiger partial charge in [-0.15, -0.1) is 11.8 Å². The smallest absolute Gasteiger partial charge is 0.313 e. The van der Waals surface area contributed by atoms with E-state index in [1.54, 1.807) is 6.07 Å². The van der Waals surface area contributed by atoms with E-state index in [0.29, 0.717) is 15.3 Å². The van der Waals surface area contributed by atoms with Gasteiger partial charge in [0.1, 0.15) is 0 Å². The number of amides is 1. The van der Waals surface area contributed by atoms with Crippen molar-refractivity contribution in [2.45, 2.75) is 4.90 Å². The maximum Gasteiger partial charge on any atom is 0.313 e. The predicted octanol–water partition coefficient (Wildman–Crippen LogP) is 1.46. The van der Waals surface area contributed by atoms with E-state index < -0.39 is 15.8 Å². The van der Waals surface area contributed by atoms with E-state index in [9.17, 15) is 18.0 Å². The number of carbonyl (C=O) groups excluding carboxylic acids is 1. The van der Waals surface area contributed by atoms with Gasteiger partial charge in [0, 0.05) is 6.26 Å². The van der Waals surface area contributed by atoms with Crippen molar-refractivity contribution in [3.63, 3.8) is 0 Å². The Kier molecular flexibility index (Phi) is 5.04. The number of fused-ring (bicyclic) bond motifs is 1. The monoisotopic (exact) mass is 360 g/mol. The van der Waals surface area contributed by atoms with Crippen LogP contribution < -0.4 is 5.32 Å². The van der Waals surface area contributed by atoms with Crippen molar-refractivity contribution in [3.8, 4) is 0 Å². The first-order valence-electron chi connectivity index (χ1n) is 5.96. The molecule has 0 aliphatic carbocycles. The molecule has 0 fully saturated rings. The van der Waals surface area contributed by atoms with Crippen LogP contribution in [0.5, 0.6) is 0 Å². The molecule has 1 amide bonds. The van der Waals surface area contributed by atoms with Gasteiger partial charge in [-0.05, 0) is 18.2 Å². The molecule has 1 aromatic carbocycles. The third kappa shape index (κ3) is 4.42. The molecule has 22 heavy (non-hydrogen) atoms. The van der Waals surface area contributed by atoms with E-state index in [4.69, 9.17) is 5.11 Å². The fraction of sp³-hybridized carbons (Fsp3) is 0.250. The molecular formula is C12H12N2O5S3. The largest absolute Gasteiger partial charge is 0.481 e. The van der Waals surface area contributed by atoms with Crippen molar-refractivity contribution >= 4 is 60.2 Å². The molecule has 0 radical (unpaired) electrons. The summed E-state index contributed by atoms with van der Waals surface area (Å²) < 4.78 is 23.6. The molecule has 1 aromatic heterocycles. The van der Waals surface area contributed by atoms with E-state index in [2.05, 4.69) is 10.3 Å². The van der Waals surface area contributed by atoms with Gasteiger partial charge in [0.15, 0.2) is 15.0 Å². The second kappa shape index (κ2) is 6.63. The molecule has 0 saturated heterocycles. The van der Waals surface area contributed by atoms with Crippen LogP contribution in [0.25, 0.3) is 10.2 Å². The summed E-state index contributed by atoms with van der Waals surface area (Å²) in [5.74, 6) is -1.47. The zero-order valence-corrected chi connectivity index (χ0v) is 13.8. The summed E-state index contributed by atoms with van der Waals surface area (Å²) in [5, 5.41) is 11.4. The molecule has 10 heteroatoms. The van der Waals surface area contributed by atoms with Gasteiger partial charge in [-0.2, -0.15) is 0 Å². The Morgan fingerprint density at radius 2 is 2.09 bits per heavy atom. The number of benzene rings is 1. The van der Waals surface area contributed by atoms with Crippen molar-refractivity contribution < 1.29 is 23.1 Å². The van der Waals surface area contributed by atoms with Crippen molar-refractivity contribution in [2.75, 3.05) is 23.1 Å². The van der Waals surface area contributed by atoms with Crippen LogP contribution in [0.3, 0.4) is 0 Å². The minimum atomic E-state index is -3.30. The van der Waals surface area contributed by atoms with Gasteiger partial charge in [0.2, 0.25) is 5.91 Å².